The number of hydrogen-bond donors (Lipinski definition) is 1. The minimum atomic E-state index is 0.362. The highest BCUT2D eigenvalue weighted by Crippen LogP contribution is 2.16. The van der Waals surface area contributed by atoms with Crippen LogP contribution in [0, 0.1) is 0 Å². The third kappa shape index (κ3) is 2.98. The summed E-state index contributed by atoms with van der Waals surface area (Å²) < 4.78 is 1.91. The quantitative estimate of drug-likeness (QED) is 0.772. The van der Waals surface area contributed by atoms with Crippen LogP contribution in [-0.4, -0.2) is 9.78 Å². The Labute approximate surface area is 122 Å². The molecule has 0 spiro atoms. The van der Waals surface area contributed by atoms with Crippen LogP contribution in [0.15, 0.2) is 59.6 Å². The zero-order valence-electron chi connectivity index (χ0n) is 11.4. The number of rotatable bonds is 5. The van der Waals surface area contributed by atoms with Crippen molar-refractivity contribution in [1.82, 2.24) is 15.1 Å². The van der Waals surface area contributed by atoms with Gasteiger partial charge in [-0.15, -0.1) is 0 Å². The predicted molar refractivity (Wildman–Crippen MR) is 83.1 cm³/mol. The number of nitrogens with zero attached hydrogens (tertiary/aromatic N) is 2. The van der Waals surface area contributed by atoms with Gasteiger partial charge >= 0.3 is 0 Å². The van der Waals surface area contributed by atoms with Crippen molar-refractivity contribution in [3.05, 3.63) is 70.7 Å². The maximum absolute atomic E-state index is 4.41. The van der Waals surface area contributed by atoms with Crippen LogP contribution in [0.3, 0.4) is 0 Å². The molecular formula is C16H17N3S. The average Bonchev–Trinajstić information content (AvgIpc) is 3.17. The first kappa shape index (κ1) is 13.1. The lowest BCUT2D eigenvalue weighted by atomic mass is 10.2. The lowest BCUT2D eigenvalue weighted by Crippen LogP contribution is -2.17. The van der Waals surface area contributed by atoms with Crippen LogP contribution in [0.1, 0.15) is 24.1 Å². The molecule has 0 amide bonds. The standard InChI is InChI=1S/C16H17N3S/c1-13(15-7-8-20-12-15)17-9-14-10-18-19(11-14)16-5-3-2-4-6-16/h2-8,10-13,17H,9H2,1H3. The van der Waals surface area contributed by atoms with Gasteiger partial charge in [-0.2, -0.15) is 16.4 Å². The fourth-order valence-electron chi connectivity index (χ4n) is 2.08. The van der Waals surface area contributed by atoms with E-state index in [0.717, 1.165) is 12.2 Å². The van der Waals surface area contributed by atoms with E-state index in [9.17, 15) is 0 Å². The van der Waals surface area contributed by atoms with E-state index in [1.165, 1.54) is 11.1 Å². The maximum Gasteiger partial charge on any atom is 0.0645 e. The number of nitrogens with one attached hydrogen (secondary N) is 1. The molecule has 3 aromatic rings. The molecule has 2 aromatic heterocycles. The molecule has 20 heavy (non-hydrogen) atoms. The van der Waals surface area contributed by atoms with Gasteiger partial charge in [0.05, 0.1) is 11.9 Å². The van der Waals surface area contributed by atoms with Crippen molar-refractivity contribution in [3.63, 3.8) is 0 Å². The first-order valence-corrected chi connectivity index (χ1v) is 7.61. The summed E-state index contributed by atoms with van der Waals surface area (Å²) in [4.78, 5) is 0. The van der Waals surface area contributed by atoms with Crippen LogP contribution in [0.4, 0.5) is 0 Å². The molecule has 0 saturated heterocycles. The van der Waals surface area contributed by atoms with Crippen molar-refractivity contribution in [2.24, 2.45) is 0 Å². The number of hydrogen-bond acceptors (Lipinski definition) is 3. The van der Waals surface area contributed by atoms with E-state index in [1.54, 1.807) is 11.3 Å². The van der Waals surface area contributed by atoms with Gasteiger partial charge in [-0.05, 0) is 41.4 Å². The van der Waals surface area contributed by atoms with E-state index in [-0.39, 0.29) is 0 Å². The number of para-hydroxylation sites is 1. The number of benzene rings is 1. The van der Waals surface area contributed by atoms with Crippen molar-refractivity contribution in [2.45, 2.75) is 19.5 Å². The Kier molecular flexibility index (Phi) is 3.95. The molecule has 0 bridgehead atoms. The van der Waals surface area contributed by atoms with Gasteiger partial charge in [-0.3, -0.25) is 0 Å². The molecule has 102 valence electrons. The third-order valence-corrected chi connectivity index (χ3v) is 4.01. The second-order valence-corrected chi connectivity index (χ2v) is 5.57. The largest absolute Gasteiger partial charge is 0.306 e. The van der Waals surface area contributed by atoms with Crippen LogP contribution >= 0.6 is 11.3 Å². The summed E-state index contributed by atoms with van der Waals surface area (Å²) in [6.45, 7) is 3.01. The Bertz CT molecular complexity index is 643. The molecule has 2 heterocycles. The van der Waals surface area contributed by atoms with Crippen molar-refractivity contribution >= 4 is 11.3 Å². The summed E-state index contributed by atoms with van der Waals surface area (Å²) in [7, 11) is 0. The topological polar surface area (TPSA) is 29.9 Å². The highest BCUT2D eigenvalue weighted by atomic mass is 32.1. The molecule has 1 atom stereocenters. The smallest absolute Gasteiger partial charge is 0.0645 e. The van der Waals surface area contributed by atoms with E-state index >= 15 is 0 Å². The minimum absolute atomic E-state index is 0.362. The lowest BCUT2D eigenvalue weighted by Gasteiger charge is -2.11. The first-order chi connectivity index (χ1) is 9.83. The van der Waals surface area contributed by atoms with Crippen molar-refractivity contribution in [3.8, 4) is 5.69 Å². The Balaban J connectivity index is 1.63. The highest BCUT2D eigenvalue weighted by molar-refractivity contribution is 7.07. The normalized spacial score (nSPS) is 12.4. The first-order valence-electron chi connectivity index (χ1n) is 6.67. The van der Waals surface area contributed by atoms with Crippen LogP contribution in [-0.2, 0) is 6.54 Å². The van der Waals surface area contributed by atoms with Gasteiger partial charge < -0.3 is 5.32 Å². The van der Waals surface area contributed by atoms with Gasteiger partial charge in [-0.1, -0.05) is 18.2 Å². The molecule has 1 unspecified atom stereocenters. The van der Waals surface area contributed by atoms with Gasteiger partial charge in [0.1, 0.15) is 0 Å². The molecule has 0 radical (unpaired) electrons. The van der Waals surface area contributed by atoms with Gasteiger partial charge in [0.25, 0.3) is 0 Å². The lowest BCUT2D eigenvalue weighted by molar-refractivity contribution is 0.576. The molecule has 0 fully saturated rings. The van der Waals surface area contributed by atoms with E-state index < -0.39 is 0 Å². The summed E-state index contributed by atoms with van der Waals surface area (Å²) in [6, 6.07) is 12.7. The van der Waals surface area contributed by atoms with Gasteiger partial charge in [0.2, 0.25) is 0 Å². The SMILES string of the molecule is CC(NCc1cnn(-c2ccccc2)c1)c1ccsc1. The summed E-state index contributed by atoms with van der Waals surface area (Å²) in [6.07, 6.45) is 3.99. The molecule has 0 aliphatic heterocycles. The Hall–Kier alpha value is -1.91. The molecule has 0 aliphatic carbocycles. The van der Waals surface area contributed by atoms with Crippen LogP contribution in [0.25, 0.3) is 5.69 Å². The number of thiophene rings is 1. The van der Waals surface area contributed by atoms with E-state index in [2.05, 4.69) is 52.5 Å². The number of aromatic nitrogens is 2. The Morgan fingerprint density at radius 2 is 2.10 bits per heavy atom. The maximum atomic E-state index is 4.41. The summed E-state index contributed by atoms with van der Waals surface area (Å²) in [5.41, 5.74) is 3.62. The van der Waals surface area contributed by atoms with Crippen LogP contribution in [0.5, 0.6) is 0 Å². The van der Waals surface area contributed by atoms with Gasteiger partial charge in [-0.25, -0.2) is 4.68 Å². The average molecular weight is 283 g/mol. The fraction of sp³-hybridized carbons (Fsp3) is 0.188. The molecule has 3 rings (SSSR count). The molecule has 1 aromatic carbocycles. The molecular weight excluding hydrogens is 266 g/mol. The van der Waals surface area contributed by atoms with Crippen molar-refractivity contribution < 1.29 is 0 Å². The second kappa shape index (κ2) is 6.03. The van der Waals surface area contributed by atoms with Gasteiger partial charge in [0.15, 0.2) is 0 Å². The molecule has 0 saturated carbocycles. The Morgan fingerprint density at radius 3 is 2.85 bits per heavy atom. The third-order valence-electron chi connectivity index (χ3n) is 3.31. The van der Waals surface area contributed by atoms with Crippen molar-refractivity contribution in [2.75, 3.05) is 0 Å². The van der Waals surface area contributed by atoms with Crippen molar-refractivity contribution in [1.29, 1.82) is 0 Å². The second-order valence-electron chi connectivity index (χ2n) is 4.79. The minimum Gasteiger partial charge on any atom is -0.306 e. The Morgan fingerprint density at radius 1 is 1.25 bits per heavy atom. The molecule has 0 aliphatic rings. The van der Waals surface area contributed by atoms with Crippen LogP contribution in [0.2, 0.25) is 0 Å². The van der Waals surface area contributed by atoms with Crippen LogP contribution < -0.4 is 5.32 Å². The zero-order valence-corrected chi connectivity index (χ0v) is 12.2. The summed E-state index contributed by atoms with van der Waals surface area (Å²) in [5, 5.41) is 12.2. The predicted octanol–water partition coefficient (Wildman–Crippen LogP) is 3.78. The van der Waals surface area contributed by atoms with E-state index in [0.29, 0.717) is 6.04 Å². The monoisotopic (exact) mass is 283 g/mol. The summed E-state index contributed by atoms with van der Waals surface area (Å²) >= 11 is 1.73. The van der Waals surface area contributed by atoms with E-state index in [1.807, 2.05) is 29.1 Å². The molecule has 3 nitrogen and oxygen atoms in total. The summed E-state index contributed by atoms with van der Waals surface area (Å²) in [5.74, 6) is 0. The highest BCUT2D eigenvalue weighted by Gasteiger charge is 2.06. The fourth-order valence-corrected chi connectivity index (χ4v) is 2.84. The van der Waals surface area contributed by atoms with E-state index in [4.69, 9.17) is 0 Å². The molecule has 4 heteroatoms. The van der Waals surface area contributed by atoms with Gasteiger partial charge in [0, 0.05) is 24.3 Å². The zero-order chi connectivity index (χ0) is 13.8. The molecule has 1 N–H and O–H groups in total.